The zero-order valence-corrected chi connectivity index (χ0v) is 38.1. The Balaban J connectivity index is 1.30. The minimum Gasteiger partial charge on any atom is -0.497 e. The first-order valence-corrected chi connectivity index (χ1v) is 23.8. The van der Waals surface area contributed by atoms with Gasteiger partial charge in [-0.25, -0.2) is 0 Å². The van der Waals surface area contributed by atoms with Crippen LogP contribution < -0.4 is 14.2 Å². The second kappa shape index (κ2) is 21.9. The van der Waals surface area contributed by atoms with Gasteiger partial charge in [-0.2, -0.15) is 0 Å². The third-order valence-electron chi connectivity index (χ3n) is 13.7. The standard InChI is InChI=1S/C54H66N2O9/c1-4-26-56(50(59)32-37-15-14-19-41(31-37)60-3)49-36-47(55-65-51-21-10-13-30-61-51)45-34-40(18-8-11-27-57)44(20-9-12-28-58)52-46-35-43(63-42-23-22-38-16-6-7-17-39(38)33-42)24-25-48(46)64-54(49,53(45)52)62-29-5-2/h5-7,14-17,19,22-25,31,33-35,40,44,49,51-53,57-58H,2,4,8-13,18,20-21,26-30,32,36H2,1,3H3. The number of aliphatic hydroxyl groups is 2. The Bertz CT molecular complexity index is 2300. The SMILES string of the molecule is C=CCOC12Oc3ccc(Oc4ccc5ccccc5c4)cc3C3C(CCCCO)C(CCCCO)C=C(C(=NOC4CCCCO4)CC1N(CCC)C(=O)Cc1cccc(OC)c1)C32. The van der Waals surface area contributed by atoms with Gasteiger partial charge in [0, 0.05) is 44.1 Å². The number of hydrogen-bond donors (Lipinski definition) is 2. The molecule has 1 amide bonds. The fourth-order valence-corrected chi connectivity index (χ4v) is 10.7. The first kappa shape index (κ1) is 46.3. The average molecular weight is 887 g/mol. The van der Waals surface area contributed by atoms with Crippen LogP contribution in [0.1, 0.15) is 94.6 Å². The molecule has 2 fully saturated rings. The molecule has 4 aromatic rings. The predicted octanol–water partition coefficient (Wildman–Crippen LogP) is 10.3. The van der Waals surface area contributed by atoms with Crippen LogP contribution in [0.15, 0.2) is 114 Å². The van der Waals surface area contributed by atoms with Crippen molar-refractivity contribution in [3.63, 3.8) is 0 Å². The molecule has 8 rings (SSSR count). The lowest BCUT2D eigenvalue weighted by Crippen LogP contribution is -2.70. The Hall–Kier alpha value is -5.20. The molecule has 2 N–H and O–H groups in total. The number of amides is 1. The largest absolute Gasteiger partial charge is 0.497 e. The van der Waals surface area contributed by atoms with Crippen molar-refractivity contribution in [2.75, 3.05) is 40.1 Å². The van der Waals surface area contributed by atoms with Crippen molar-refractivity contribution in [3.05, 3.63) is 120 Å². The number of rotatable bonds is 21. The molecule has 7 unspecified atom stereocenters. The molecule has 4 aromatic carbocycles. The minimum atomic E-state index is -1.36. The summed E-state index contributed by atoms with van der Waals surface area (Å²) in [6.07, 6.45) is 12.3. The number of allylic oxidation sites excluding steroid dienone is 1. The number of aliphatic hydroxyl groups excluding tert-OH is 2. The molecule has 0 spiro atoms. The number of benzene rings is 4. The number of carbonyl (C=O) groups is 1. The highest BCUT2D eigenvalue weighted by atomic mass is 16.8. The van der Waals surface area contributed by atoms with E-state index in [9.17, 15) is 10.2 Å². The average Bonchev–Trinajstić information content (AvgIpc) is 3.33. The monoisotopic (exact) mass is 886 g/mol. The summed E-state index contributed by atoms with van der Waals surface area (Å²) in [7, 11) is 1.63. The second-order valence-corrected chi connectivity index (χ2v) is 17.9. The number of nitrogens with zero attached hydrogens (tertiary/aromatic N) is 2. The summed E-state index contributed by atoms with van der Waals surface area (Å²) in [4.78, 5) is 23.3. The molecule has 2 aliphatic heterocycles. The first-order chi connectivity index (χ1) is 31.9. The van der Waals surface area contributed by atoms with Crippen LogP contribution in [0, 0.1) is 17.8 Å². The number of oxime groups is 1. The summed E-state index contributed by atoms with van der Waals surface area (Å²) in [6.45, 7) is 7.66. The van der Waals surface area contributed by atoms with Gasteiger partial charge in [0.1, 0.15) is 29.0 Å². The van der Waals surface area contributed by atoms with Crippen molar-refractivity contribution in [1.82, 2.24) is 4.90 Å². The maximum Gasteiger partial charge on any atom is 0.239 e. The van der Waals surface area contributed by atoms with Gasteiger partial charge >= 0.3 is 0 Å². The quantitative estimate of drug-likeness (QED) is 0.0477. The van der Waals surface area contributed by atoms with E-state index < -0.39 is 24.0 Å². The molecule has 0 radical (unpaired) electrons. The number of carbonyl (C=O) groups excluding carboxylic acids is 1. The maximum atomic E-state index is 15.0. The summed E-state index contributed by atoms with van der Waals surface area (Å²) < 4.78 is 32.9. The summed E-state index contributed by atoms with van der Waals surface area (Å²) >= 11 is 0. The van der Waals surface area contributed by atoms with Gasteiger partial charge in [-0.05, 0) is 121 Å². The topological polar surface area (TPSA) is 129 Å². The van der Waals surface area contributed by atoms with Gasteiger partial charge in [0.2, 0.25) is 18.0 Å². The number of unbranched alkanes of at least 4 members (excludes halogenated alkanes) is 2. The van der Waals surface area contributed by atoms with Crippen LogP contribution in [0.25, 0.3) is 10.8 Å². The van der Waals surface area contributed by atoms with E-state index in [1.165, 1.54) is 0 Å². The number of hydrogen-bond acceptors (Lipinski definition) is 10. The smallest absolute Gasteiger partial charge is 0.239 e. The molecule has 0 bridgehead atoms. The normalized spacial score (nSPS) is 25.2. The van der Waals surface area contributed by atoms with Crippen LogP contribution in [0.5, 0.6) is 23.0 Å². The molecule has 1 saturated heterocycles. The fourth-order valence-electron chi connectivity index (χ4n) is 10.7. The van der Waals surface area contributed by atoms with Crippen LogP contribution in [0.3, 0.4) is 0 Å². The van der Waals surface area contributed by atoms with Crippen LogP contribution >= 0.6 is 0 Å². The zero-order valence-electron chi connectivity index (χ0n) is 38.1. The maximum absolute atomic E-state index is 15.0. The van der Waals surface area contributed by atoms with E-state index in [0.29, 0.717) is 56.1 Å². The van der Waals surface area contributed by atoms with Crippen molar-refractivity contribution >= 4 is 22.4 Å². The van der Waals surface area contributed by atoms with Crippen molar-refractivity contribution in [3.8, 4) is 23.0 Å². The van der Waals surface area contributed by atoms with Gasteiger partial charge in [-0.3, -0.25) is 4.79 Å². The second-order valence-electron chi connectivity index (χ2n) is 17.9. The van der Waals surface area contributed by atoms with E-state index in [1.54, 1.807) is 13.2 Å². The third kappa shape index (κ3) is 10.3. The van der Waals surface area contributed by atoms with Crippen LogP contribution in [-0.2, 0) is 25.5 Å². The lowest BCUT2D eigenvalue weighted by Gasteiger charge is -2.60. The van der Waals surface area contributed by atoms with E-state index in [0.717, 1.165) is 83.9 Å². The zero-order chi connectivity index (χ0) is 45.2. The molecule has 11 heteroatoms. The summed E-state index contributed by atoms with van der Waals surface area (Å²) in [5.74, 6) is 0.923. The number of methoxy groups -OCH3 is 1. The van der Waals surface area contributed by atoms with Crippen molar-refractivity contribution in [1.29, 1.82) is 0 Å². The van der Waals surface area contributed by atoms with Gasteiger partial charge < -0.3 is 43.6 Å². The van der Waals surface area contributed by atoms with Crippen molar-refractivity contribution in [2.24, 2.45) is 22.9 Å². The summed E-state index contributed by atoms with van der Waals surface area (Å²) in [5.41, 5.74) is 3.59. The summed E-state index contributed by atoms with van der Waals surface area (Å²) in [5, 5.41) is 27.3. The molecule has 4 aliphatic rings. The fraction of sp³-hybridized carbons (Fsp3) is 0.481. The minimum absolute atomic E-state index is 0.0581. The number of ether oxygens (including phenoxy) is 5. The van der Waals surface area contributed by atoms with E-state index in [2.05, 4.69) is 49.9 Å². The van der Waals surface area contributed by atoms with Gasteiger partial charge in [0.05, 0.1) is 38.4 Å². The van der Waals surface area contributed by atoms with Crippen molar-refractivity contribution < 1.29 is 43.5 Å². The molecule has 346 valence electrons. The third-order valence-corrected chi connectivity index (χ3v) is 13.7. The molecule has 2 heterocycles. The van der Waals surface area contributed by atoms with Gasteiger partial charge in [0.25, 0.3) is 0 Å². The molecule has 7 atom stereocenters. The van der Waals surface area contributed by atoms with Crippen LogP contribution in [-0.4, -0.2) is 84.9 Å². The van der Waals surface area contributed by atoms with Gasteiger partial charge in [-0.15, -0.1) is 6.58 Å². The van der Waals surface area contributed by atoms with E-state index >= 15 is 4.79 Å². The molecular weight excluding hydrogens is 821 g/mol. The van der Waals surface area contributed by atoms with E-state index in [4.69, 9.17) is 33.7 Å². The highest BCUT2D eigenvalue weighted by Crippen LogP contribution is 2.62. The Morgan fingerprint density at radius 1 is 0.923 bits per heavy atom. The first-order valence-electron chi connectivity index (χ1n) is 23.8. The Kier molecular flexibility index (Phi) is 15.6. The molecule has 0 aromatic heterocycles. The number of fused-ring (bicyclic) bond motifs is 3. The molecular formula is C54H66N2O9. The predicted molar refractivity (Wildman–Crippen MR) is 252 cm³/mol. The Morgan fingerprint density at radius 3 is 2.49 bits per heavy atom. The van der Waals surface area contributed by atoms with Gasteiger partial charge in [0.15, 0.2) is 0 Å². The molecule has 1 saturated carbocycles. The lowest BCUT2D eigenvalue weighted by atomic mass is 9.55. The van der Waals surface area contributed by atoms with Crippen molar-refractivity contribution in [2.45, 2.75) is 108 Å². The summed E-state index contributed by atoms with van der Waals surface area (Å²) in [6, 6.07) is 27.5. The van der Waals surface area contributed by atoms with E-state index in [1.807, 2.05) is 59.5 Å². The molecule has 65 heavy (non-hydrogen) atoms. The lowest BCUT2D eigenvalue weighted by molar-refractivity contribution is -0.257. The molecule has 11 nitrogen and oxygen atoms in total. The molecule has 2 aliphatic carbocycles. The van der Waals surface area contributed by atoms with Crippen LogP contribution in [0.4, 0.5) is 0 Å². The van der Waals surface area contributed by atoms with Crippen LogP contribution in [0.2, 0.25) is 0 Å². The van der Waals surface area contributed by atoms with E-state index in [-0.39, 0.29) is 49.9 Å². The van der Waals surface area contributed by atoms with Gasteiger partial charge in [-0.1, -0.05) is 79.5 Å². The Morgan fingerprint density at radius 2 is 1.72 bits per heavy atom. The highest BCUT2D eigenvalue weighted by Gasteiger charge is 2.65. The Labute approximate surface area is 384 Å². The highest BCUT2D eigenvalue weighted by molar-refractivity contribution is 6.03.